The molecule has 0 saturated heterocycles. The summed E-state index contributed by atoms with van der Waals surface area (Å²) in [5.74, 6) is 0.546. The van der Waals surface area contributed by atoms with E-state index in [1.165, 1.54) is 11.0 Å². The van der Waals surface area contributed by atoms with Gasteiger partial charge < -0.3 is 11.1 Å². The highest BCUT2D eigenvalue weighted by atomic mass is 15.5. The molecular formula is C13H10N8. The van der Waals surface area contributed by atoms with E-state index in [-0.39, 0.29) is 11.5 Å². The molecule has 0 aliphatic rings. The molecule has 0 atom stereocenters. The third kappa shape index (κ3) is 2.62. The first-order valence-electron chi connectivity index (χ1n) is 6.02. The van der Waals surface area contributed by atoms with Gasteiger partial charge in [-0.2, -0.15) is 20.3 Å². The Kier molecular flexibility index (Phi) is 3.15. The Bertz CT molecular complexity index is 803. The summed E-state index contributed by atoms with van der Waals surface area (Å²) in [5.41, 5.74) is 7.27. The predicted octanol–water partition coefficient (Wildman–Crippen LogP) is 1.25. The largest absolute Gasteiger partial charge is 0.382 e. The van der Waals surface area contributed by atoms with Crippen LogP contribution < -0.4 is 11.1 Å². The molecule has 102 valence electrons. The van der Waals surface area contributed by atoms with E-state index < -0.39 is 0 Å². The Morgan fingerprint density at radius 1 is 1.24 bits per heavy atom. The zero-order valence-corrected chi connectivity index (χ0v) is 10.8. The standard InChI is InChI=1S/C13H10N8/c14-7-11-13(20-12(15)8-16-11)19-9-2-1-3-10(6-9)21-17-4-5-18-21/h1-6,8H,(H3,15,19,20). The van der Waals surface area contributed by atoms with Crippen molar-refractivity contribution in [1.82, 2.24) is 25.0 Å². The molecule has 8 heteroatoms. The van der Waals surface area contributed by atoms with Crippen LogP contribution in [0.25, 0.3) is 5.69 Å². The molecule has 3 rings (SSSR count). The number of nitrogen functional groups attached to an aromatic ring is 1. The van der Waals surface area contributed by atoms with Crippen LogP contribution >= 0.6 is 0 Å². The summed E-state index contributed by atoms with van der Waals surface area (Å²) in [6, 6.07) is 9.32. The number of anilines is 3. The molecule has 0 aliphatic heterocycles. The summed E-state index contributed by atoms with van der Waals surface area (Å²) >= 11 is 0. The number of nitrogens with two attached hydrogens (primary N) is 1. The van der Waals surface area contributed by atoms with Gasteiger partial charge in [0.2, 0.25) is 0 Å². The molecular weight excluding hydrogens is 268 g/mol. The van der Waals surface area contributed by atoms with Crippen LogP contribution in [0.5, 0.6) is 0 Å². The molecule has 1 aromatic carbocycles. The van der Waals surface area contributed by atoms with Crippen LogP contribution in [0.1, 0.15) is 5.69 Å². The quantitative estimate of drug-likeness (QED) is 0.740. The number of rotatable bonds is 3. The minimum atomic E-state index is 0.173. The van der Waals surface area contributed by atoms with Crippen molar-refractivity contribution in [1.29, 1.82) is 5.26 Å². The van der Waals surface area contributed by atoms with Crippen LogP contribution in [0.15, 0.2) is 42.9 Å². The van der Waals surface area contributed by atoms with E-state index in [0.29, 0.717) is 5.82 Å². The average Bonchev–Trinajstić information content (AvgIpc) is 3.02. The summed E-state index contributed by atoms with van der Waals surface area (Å²) < 4.78 is 0. The van der Waals surface area contributed by atoms with Crippen LogP contribution in [0.3, 0.4) is 0 Å². The van der Waals surface area contributed by atoms with Crippen molar-refractivity contribution in [3.63, 3.8) is 0 Å². The van der Waals surface area contributed by atoms with Crippen molar-refractivity contribution in [2.24, 2.45) is 0 Å². The smallest absolute Gasteiger partial charge is 0.183 e. The third-order valence-corrected chi connectivity index (χ3v) is 2.66. The van der Waals surface area contributed by atoms with Gasteiger partial charge in [0.15, 0.2) is 11.5 Å². The first-order chi connectivity index (χ1) is 10.3. The van der Waals surface area contributed by atoms with E-state index in [2.05, 4.69) is 25.5 Å². The maximum Gasteiger partial charge on any atom is 0.183 e. The maximum atomic E-state index is 9.03. The van der Waals surface area contributed by atoms with Gasteiger partial charge in [-0.25, -0.2) is 9.97 Å². The monoisotopic (exact) mass is 278 g/mol. The zero-order chi connectivity index (χ0) is 14.7. The molecule has 21 heavy (non-hydrogen) atoms. The molecule has 0 spiro atoms. The lowest BCUT2D eigenvalue weighted by molar-refractivity contribution is 0.752. The molecule has 8 nitrogen and oxygen atoms in total. The highest BCUT2D eigenvalue weighted by Crippen LogP contribution is 2.20. The zero-order valence-electron chi connectivity index (χ0n) is 10.8. The van der Waals surface area contributed by atoms with Gasteiger partial charge in [-0.05, 0) is 18.2 Å². The second kappa shape index (κ2) is 5.26. The number of hydrogen-bond donors (Lipinski definition) is 2. The molecule has 0 saturated carbocycles. The van der Waals surface area contributed by atoms with E-state index >= 15 is 0 Å². The fourth-order valence-electron chi connectivity index (χ4n) is 1.77. The van der Waals surface area contributed by atoms with Gasteiger partial charge in [0.25, 0.3) is 0 Å². The number of nitriles is 1. The normalized spacial score (nSPS) is 10.0. The SMILES string of the molecule is N#Cc1ncc(N)nc1Nc1cccc(-n2nccn2)c1. The van der Waals surface area contributed by atoms with E-state index in [4.69, 9.17) is 11.0 Å². The summed E-state index contributed by atoms with van der Waals surface area (Å²) in [7, 11) is 0. The molecule has 3 aromatic rings. The number of hydrogen-bond acceptors (Lipinski definition) is 7. The molecule has 0 fully saturated rings. The van der Waals surface area contributed by atoms with Crippen LogP contribution in [0, 0.1) is 11.3 Å². The number of nitrogens with zero attached hydrogens (tertiary/aromatic N) is 6. The van der Waals surface area contributed by atoms with Gasteiger partial charge in [-0.3, -0.25) is 0 Å². The molecule has 0 bridgehead atoms. The molecule has 0 radical (unpaired) electrons. The molecule has 2 heterocycles. The Balaban J connectivity index is 1.94. The Morgan fingerprint density at radius 2 is 2.05 bits per heavy atom. The Hall–Kier alpha value is -3.47. The highest BCUT2D eigenvalue weighted by molar-refractivity contribution is 5.63. The van der Waals surface area contributed by atoms with Gasteiger partial charge >= 0.3 is 0 Å². The Morgan fingerprint density at radius 3 is 2.81 bits per heavy atom. The predicted molar refractivity (Wildman–Crippen MR) is 75.8 cm³/mol. The van der Waals surface area contributed by atoms with Crippen molar-refractivity contribution >= 4 is 17.3 Å². The second-order valence-corrected chi connectivity index (χ2v) is 4.10. The first kappa shape index (κ1) is 12.6. The lowest BCUT2D eigenvalue weighted by Crippen LogP contribution is -2.03. The van der Waals surface area contributed by atoms with Gasteiger partial charge in [-0.15, -0.1) is 0 Å². The summed E-state index contributed by atoms with van der Waals surface area (Å²) in [5, 5.41) is 20.2. The molecule has 2 aromatic heterocycles. The number of benzene rings is 1. The summed E-state index contributed by atoms with van der Waals surface area (Å²) in [6.07, 6.45) is 4.53. The minimum Gasteiger partial charge on any atom is -0.382 e. The fourth-order valence-corrected chi connectivity index (χ4v) is 1.77. The Labute approximate surface area is 119 Å². The van der Waals surface area contributed by atoms with Crippen LogP contribution in [0.2, 0.25) is 0 Å². The second-order valence-electron chi connectivity index (χ2n) is 4.10. The highest BCUT2D eigenvalue weighted by Gasteiger charge is 2.07. The van der Waals surface area contributed by atoms with Gasteiger partial charge in [0.1, 0.15) is 11.9 Å². The van der Waals surface area contributed by atoms with Crippen LogP contribution in [0.4, 0.5) is 17.3 Å². The third-order valence-electron chi connectivity index (χ3n) is 2.66. The van der Waals surface area contributed by atoms with Crippen molar-refractivity contribution in [2.45, 2.75) is 0 Å². The topological polar surface area (TPSA) is 118 Å². The van der Waals surface area contributed by atoms with Gasteiger partial charge in [-0.1, -0.05) is 6.07 Å². The molecule has 0 unspecified atom stereocenters. The van der Waals surface area contributed by atoms with Crippen molar-refractivity contribution in [3.05, 3.63) is 48.5 Å². The van der Waals surface area contributed by atoms with Crippen molar-refractivity contribution < 1.29 is 0 Å². The average molecular weight is 278 g/mol. The van der Waals surface area contributed by atoms with Crippen molar-refractivity contribution in [3.8, 4) is 11.8 Å². The van der Waals surface area contributed by atoms with Crippen molar-refractivity contribution in [2.75, 3.05) is 11.1 Å². The number of aromatic nitrogens is 5. The lowest BCUT2D eigenvalue weighted by Gasteiger charge is -2.08. The number of nitrogens with one attached hydrogen (secondary N) is 1. The van der Waals surface area contributed by atoms with Crippen LogP contribution in [-0.4, -0.2) is 25.0 Å². The molecule has 0 aliphatic carbocycles. The van der Waals surface area contributed by atoms with E-state index in [0.717, 1.165) is 11.4 Å². The first-order valence-corrected chi connectivity index (χ1v) is 6.02. The van der Waals surface area contributed by atoms with E-state index in [1.54, 1.807) is 12.4 Å². The van der Waals surface area contributed by atoms with E-state index in [1.807, 2.05) is 30.3 Å². The lowest BCUT2D eigenvalue weighted by atomic mass is 10.2. The summed E-state index contributed by atoms with van der Waals surface area (Å²) in [6.45, 7) is 0. The molecule has 3 N–H and O–H groups in total. The van der Waals surface area contributed by atoms with Gasteiger partial charge in [0, 0.05) is 5.69 Å². The minimum absolute atomic E-state index is 0.173. The maximum absolute atomic E-state index is 9.03. The fraction of sp³-hybridized carbons (Fsp3) is 0. The molecule has 0 amide bonds. The van der Waals surface area contributed by atoms with Crippen LogP contribution in [-0.2, 0) is 0 Å². The van der Waals surface area contributed by atoms with E-state index in [9.17, 15) is 0 Å². The summed E-state index contributed by atoms with van der Waals surface area (Å²) in [4.78, 5) is 9.49. The van der Waals surface area contributed by atoms with Gasteiger partial charge in [0.05, 0.1) is 24.3 Å².